The van der Waals surface area contributed by atoms with Gasteiger partial charge in [-0.05, 0) is 54.8 Å². The fourth-order valence-corrected chi connectivity index (χ4v) is 3.72. The van der Waals surface area contributed by atoms with Crippen LogP contribution in [0.3, 0.4) is 0 Å². The second-order valence-corrected chi connectivity index (χ2v) is 7.17. The zero-order valence-corrected chi connectivity index (χ0v) is 15.6. The van der Waals surface area contributed by atoms with Crippen LogP contribution < -0.4 is 0 Å². The highest BCUT2D eigenvalue weighted by molar-refractivity contribution is 5.79. The largest absolute Gasteiger partial charge is 0.342 e. The zero-order valence-electron chi connectivity index (χ0n) is 15.6. The molecule has 28 heavy (non-hydrogen) atoms. The van der Waals surface area contributed by atoms with Gasteiger partial charge in [0.15, 0.2) is 0 Å². The van der Waals surface area contributed by atoms with Crippen molar-refractivity contribution in [1.29, 1.82) is 0 Å². The summed E-state index contributed by atoms with van der Waals surface area (Å²) < 4.78 is 13.6. The number of hydrogen-bond acceptors (Lipinski definition) is 3. The van der Waals surface area contributed by atoms with Crippen molar-refractivity contribution in [2.45, 2.75) is 25.2 Å². The quantitative estimate of drug-likeness (QED) is 0.685. The maximum atomic E-state index is 13.6. The number of halogens is 1. The van der Waals surface area contributed by atoms with E-state index >= 15 is 0 Å². The number of benzene rings is 1. The molecule has 0 aliphatic carbocycles. The Hall–Kier alpha value is -3.08. The summed E-state index contributed by atoms with van der Waals surface area (Å²) in [5.74, 6) is 0.0658. The standard InChI is InChI=1S/C23H22FN3O/c24-20-6-1-4-18(15-20)21-7-2-8-22(26-21)19-5-3-13-27(16-19)23(28)14-17-9-11-25-12-10-17/h1-2,4,6-12,15,19H,3,5,13-14,16H2/t19-/m0/s1. The lowest BCUT2D eigenvalue weighted by Gasteiger charge is -2.32. The van der Waals surface area contributed by atoms with Crippen LogP contribution in [0.4, 0.5) is 4.39 Å². The number of hydrogen-bond donors (Lipinski definition) is 0. The van der Waals surface area contributed by atoms with Gasteiger partial charge >= 0.3 is 0 Å². The fourth-order valence-electron chi connectivity index (χ4n) is 3.72. The van der Waals surface area contributed by atoms with Gasteiger partial charge in [0.25, 0.3) is 0 Å². The lowest BCUT2D eigenvalue weighted by molar-refractivity contribution is -0.131. The first-order valence-electron chi connectivity index (χ1n) is 9.58. The van der Waals surface area contributed by atoms with Crippen molar-refractivity contribution in [2.24, 2.45) is 0 Å². The molecule has 1 atom stereocenters. The first-order chi connectivity index (χ1) is 13.7. The van der Waals surface area contributed by atoms with Crippen molar-refractivity contribution in [3.8, 4) is 11.3 Å². The van der Waals surface area contributed by atoms with Gasteiger partial charge in [0.2, 0.25) is 5.91 Å². The van der Waals surface area contributed by atoms with Crippen LogP contribution in [-0.2, 0) is 11.2 Å². The summed E-state index contributed by atoms with van der Waals surface area (Å²) in [7, 11) is 0. The van der Waals surface area contributed by atoms with Gasteiger partial charge in [0, 0.05) is 42.7 Å². The van der Waals surface area contributed by atoms with Crippen LogP contribution in [-0.4, -0.2) is 33.9 Å². The van der Waals surface area contributed by atoms with Crippen molar-refractivity contribution in [2.75, 3.05) is 13.1 Å². The Morgan fingerprint density at radius 3 is 2.75 bits per heavy atom. The zero-order chi connectivity index (χ0) is 19.3. The van der Waals surface area contributed by atoms with Crippen molar-refractivity contribution < 1.29 is 9.18 Å². The lowest BCUT2D eigenvalue weighted by atomic mass is 9.93. The number of nitrogens with zero attached hydrogens (tertiary/aromatic N) is 3. The van der Waals surface area contributed by atoms with E-state index in [2.05, 4.69) is 4.98 Å². The molecule has 0 unspecified atom stereocenters. The van der Waals surface area contributed by atoms with Crippen LogP contribution in [0, 0.1) is 5.82 Å². The average Bonchev–Trinajstić information content (AvgIpc) is 2.75. The highest BCUT2D eigenvalue weighted by Gasteiger charge is 2.25. The third-order valence-corrected chi connectivity index (χ3v) is 5.19. The Kier molecular flexibility index (Phi) is 5.42. The molecule has 1 fully saturated rings. The monoisotopic (exact) mass is 375 g/mol. The molecule has 0 saturated carbocycles. The molecule has 4 rings (SSSR count). The molecule has 4 nitrogen and oxygen atoms in total. The van der Waals surface area contributed by atoms with Crippen LogP contribution in [0.25, 0.3) is 11.3 Å². The van der Waals surface area contributed by atoms with Crippen LogP contribution in [0.15, 0.2) is 67.0 Å². The average molecular weight is 375 g/mol. The maximum absolute atomic E-state index is 13.6. The summed E-state index contributed by atoms with van der Waals surface area (Å²) in [5, 5.41) is 0. The van der Waals surface area contributed by atoms with Crippen LogP contribution in [0.2, 0.25) is 0 Å². The molecule has 0 N–H and O–H groups in total. The van der Waals surface area contributed by atoms with Gasteiger partial charge in [-0.25, -0.2) is 4.39 Å². The Labute approximate surface area is 164 Å². The second kappa shape index (κ2) is 8.30. The fraction of sp³-hybridized carbons (Fsp3) is 0.261. The number of rotatable bonds is 4. The molecule has 1 saturated heterocycles. The van der Waals surface area contributed by atoms with Crippen molar-refractivity contribution >= 4 is 5.91 Å². The van der Waals surface area contributed by atoms with Gasteiger partial charge in [-0.15, -0.1) is 0 Å². The van der Waals surface area contributed by atoms with E-state index in [-0.39, 0.29) is 17.6 Å². The molecule has 1 amide bonds. The molecule has 0 radical (unpaired) electrons. The number of aromatic nitrogens is 2. The minimum absolute atomic E-state index is 0.136. The Morgan fingerprint density at radius 1 is 1.11 bits per heavy atom. The summed E-state index contributed by atoms with van der Waals surface area (Å²) in [6, 6.07) is 16.1. The van der Waals surface area contributed by atoms with Crippen LogP contribution in [0.5, 0.6) is 0 Å². The van der Waals surface area contributed by atoms with Gasteiger partial charge in [0.1, 0.15) is 5.82 Å². The Bertz CT molecular complexity index is 961. The minimum Gasteiger partial charge on any atom is -0.342 e. The lowest BCUT2D eigenvalue weighted by Crippen LogP contribution is -2.40. The van der Waals surface area contributed by atoms with Gasteiger partial charge < -0.3 is 4.90 Å². The summed E-state index contributed by atoms with van der Waals surface area (Å²) in [6.45, 7) is 1.45. The third kappa shape index (κ3) is 4.25. The summed E-state index contributed by atoms with van der Waals surface area (Å²) in [5.41, 5.74) is 3.47. The van der Waals surface area contributed by atoms with E-state index in [1.54, 1.807) is 18.5 Å². The smallest absolute Gasteiger partial charge is 0.227 e. The molecule has 3 heterocycles. The molecule has 2 aromatic heterocycles. The Balaban J connectivity index is 1.49. The maximum Gasteiger partial charge on any atom is 0.227 e. The summed E-state index contributed by atoms with van der Waals surface area (Å²) in [4.78, 5) is 23.4. The van der Waals surface area contributed by atoms with E-state index in [9.17, 15) is 9.18 Å². The Morgan fingerprint density at radius 2 is 1.93 bits per heavy atom. The van der Waals surface area contributed by atoms with Crippen molar-refractivity contribution in [1.82, 2.24) is 14.9 Å². The number of amides is 1. The first kappa shape index (κ1) is 18.3. The molecule has 0 spiro atoms. The second-order valence-electron chi connectivity index (χ2n) is 7.17. The molecule has 142 valence electrons. The third-order valence-electron chi connectivity index (χ3n) is 5.19. The number of carbonyl (C=O) groups is 1. The number of likely N-dealkylation sites (tertiary alicyclic amines) is 1. The molecule has 1 aliphatic heterocycles. The molecule has 3 aromatic rings. The van der Waals surface area contributed by atoms with Crippen LogP contribution in [0.1, 0.15) is 30.0 Å². The number of carbonyl (C=O) groups excluding carboxylic acids is 1. The van der Waals surface area contributed by atoms with Crippen molar-refractivity contribution in [3.05, 3.63) is 84.1 Å². The highest BCUT2D eigenvalue weighted by Crippen LogP contribution is 2.28. The van der Waals surface area contributed by atoms with Gasteiger partial charge in [0.05, 0.1) is 12.1 Å². The van der Waals surface area contributed by atoms with Crippen LogP contribution >= 0.6 is 0 Å². The van der Waals surface area contributed by atoms with E-state index < -0.39 is 0 Å². The van der Waals surface area contributed by atoms with E-state index in [0.717, 1.165) is 41.9 Å². The number of piperidine rings is 1. The normalized spacial score (nSPS) is 16.8. The predicted molar refractivity (Wildman–Crippen MR) is 106 cm³/mol. The molecule has 0 bridgehead atoms. The van der Waals surface area contributed by atoms with Gasteiger partial charge in [-0.1, -0.05) is 18.2 Å². The molecular weight excluding hydrogens is 353 g/mol. The van der Waals surface area contributed by atoms with E-state index in [0.29, 0.717) is 13.0 Å². The van der Waals surface area contributed by atoms with E-state index in [1.807, 2.05) is 41.3 Å². The molecular formula is C23H22FN3O. The topological polar surface area (TPSA) is 46.1 Å². The van der Waals surface area contributed by atoms with E-state index in [1.165, 1.54) is 12.1 Å². The van der Waals surface area contributed by atoms with Gasteiger partial charge in [-0.3, -0.25) is 14.8 Å². The minimum atomic E-state index is -0.268. The first-order valence-corrected chi connectivity index (χ1v) is 9.58. The van der Waals surface area contributed by atoms with E-state index in [4.69, 9.17) is 4.98 Å². The van der Waals surface area contributed by atoms with Gasteiger partial charge in [-0.2, -0.15) is 0 Å². The molecule has 1 aromatic carbocycles. The summed E-state index contributed by atoms with van der Waals surface area (Å²) >= 11 is 0. The molecule has 5 heteroatoms. The SMILES string of the molecule is O=C(Cc1ccncc1)N1CCC[C@H](c2cccc(-c3cccc(F)c3)n2)C1. The summed E-state index contributed by atoms with van der Waals surface area (Å²) in [6.07, 6.45) is 5.77. The molecule has 1 aliphatic rings. The highest BCUT2D eigenvalue weighted by atomic mass is 19.1. The predicted octanol–water partition coefficient (Wildman–Crippen LogP) is 4.23. The van der Waals surface area contributed by atoms with Crippen molar-refractivity contribution in [3.63, 3.8) is 0 Å². The number of pyridine rings is 2.